The van der Waals surface area contributed by atoms with Gasteiger partial charge in [0, 0.05) is 29.9 Å². The number of hydrogen-bond donors (Lipinski definition) is 1. The topological polar surface area (TPSA) is 51.8 Å². The van der Waals surface area contributed by atoms with Crippen molar-refractivity contribution >= 4 is 23.2 Å². The van der Waals surface area contributed by atoms with Gasteiger partial charge in [-0.1, -0.05) is 29.3 Å². The Labute approximate surface area is 122 Å². The third kappa shape index (κ3) is 3.44. The van der Waals surface area contributed by atoms with Crippen molar-refractivity contribution in [1.82, 2.24) is 9.97 Å². The van der Waals surface area contributed by atoms with Gasteiger partial charge in [-0.3, -0.25) is 0 Å². The number of halogens is 2. The van der Waals surface area contributed by atoms with Gasteiger partial charge in [0.15, 0.2) is 0 Å². The molecule has 0 aliphatic rings. The van der Waals surface area contributed by atoms with Crippen LogP contribution in [0.5, 0.6) is 0 Å². The number of aromatic nitrogens is 2. The van der Waals surface area contributed by atoms with Gasteiger partial charge >= 0.3 is 0 Å². The van der Waals surface area contributed by atoms with E-state index in [4.69, 9.17) is 28.9 Å². The van der Waals surface area contributed by atoms with E-state index in [2.05, 4.69) is 9.97 Å². The largest absolute Gasteiger partial charge is 0.324 e. The minimum absolute atomic E-state index is 0.0565. The molecule has 19 heavy (non-hydrogen) atoms. The highest BCUT2D eigenvalue weighted by Gasteiger charge is 2.08. The Morgan fingerprint density at radius 3 is 2.58 bits per heavy atom. The van der Waals surface area contributed by atoms with Crippen LogP contribution in [0.25, 0.3) is 0 Å². The molecule has 1 aromatic carbocycles. The van der Waals surface area contributed by atoms with Gasteiger partial charge in [-0.15, -0.1) is 0 Å². The Bertz CT molecular complexity index is 597. The molecule has 0 unspecified atom stereocenters. The van der Waals surface area contributed by atoms with Crippen LogP contribution < -0.4 is 5.73 Å². The van der Waals surface area contributed by atoms with Crippen molar-refractivity contribution in [3.63, 3.8) is 0 Å². The Kier molecular flexibility index (Phi) is 4.40. The van der Waals surface area contributed by atoms with E-state index in [0.29, 0.717) is 16.5 Å². The van der Waals surface area contributed by atoms with E-state index >= 15 is 0 Å². The standard InChI is InChI=1S/C14H15Cl2N3/c1-8(17)11-7-18-14(19-9(11)2)6-10-3-4-12(15)13(16)5-10/h3-5,7-8H,6,17H2,1-2H3/t8-/m1/s1. The van der Waals surface area contributed by atoms with E-state index in [1.807, 2.05) is 26.0 Å². The number of hydrogen-bond acceptors (Lipinski definition) is 3. The summed E-state index contributed by atoms with van der Waals surface area (Å²) < 4.78 is 0. The van der Waals surface area contributed by atoms with Gasteiger partial charge in [-0.2, -0.15) is 0 Å². The fourth-order valence-electron chi connectivity index (χ4n) is 1.89. The Hall–Kier alpha value is -1.16. The molecule has 1 atom stereocenters. The van der Waals surface area contributed by atoms with Gasteiger partial charge in [0.1, 0.15) is 5.82 Å². The summed E-state index contributed by atoms with van der Waals surface area (Å²) in [6.45, 7) is 3.86. The maximum Gasteiger partial charge on any atom is 0.132 e. The molecule has 0 bridgehead atoms. The molecule has 0 fully saturated rings. The zero-order valence-corrected chi connectivity index (χ0v) is 12.3. The van der Waals surface area contributed by atoms with Crippen molar-refractivity contribution in [3.05, 3.63) is 57.1 Å². The molecule has 1 heterocycles. The third-order valence-corrected chi connectivity index (χ3v) is 3.64. The second kappa shape index (κ2) is 5.87. The maximum atomic E-state index is 5.99. The molecule has 0 saturated heterocycles. The lowest BCUT2D eigenvalue weighted by molar-refractivity contribution is 0.777. The predicted octanol–water partition coefficient (Wildman–Crippen LogP) is 3.70. The minimum atomic E-state index is -0.0565. The molecule has 0 radical (unpaired) electrons. The molecule has 100 valence electrons. The number of benzene rings is 1. The first-order chi connectivity index (χ1) is 8.97. The van der Waals surface area contributed by atoms with Crippen molar-refractivity contribution in [2.24, 2.45) is 5.73 Å². The van der Waals surface area contributed by atoms with Crippen LogP contribution in [0, 0.1) is 6.92 Å². The molecule has 0 saturated carbocycles. The molecule has 0 aliphatic heterocycles. The molecule has 2 N–H and O–H groups in total. The Morgan fingerprint density at radius 1 is 1.26 bits per heavy atom. The van der Waals surface area contributed by atoms with Gasteiger partial charge in [-0.05, 0) is 31.5 Å². The molecular formula is C14H15Cl2N3. The van der Waals surface area contributed by atoms with Gasteiger partial charge in [0.05, 0.1) is 10.0 Å². The van der Waals surface area contributed by atoms with Crippen molar-refractivity contribution in [1.29, 1.82) is 0 Å². The van der Waals surface area contributed by atoms with E-state index in [1.165, 1.54) is 0 Å². The molecule has 3 nitrogen and oxygen atoms in total. The Morgan fingerprint density at radius 2 is 2.00 bits per heavy atom. The van der Waals surface area contributed by atoms with Crippen LogP contribution in [0.3, 0.4) is 0 Å². The van der Waals surface area contributed by atoms with Gasteiger partial charge in [-0.25, -0.2) is 9.97 Å². The average molecular weight is 296 g/mol. The third-order valence-electron chi connectivity index (χ3n) is 2.90. The van der Waals surface area contributed by atoms with Crippen LogP contribution in [-0.2, 0) is 6.42 Å². The van der Waals surface area contributed by atoms with E-state index in [1.54, 1.807) is 12.3 Å². The normalized spacial score (nSPS) is 12.5. The summed E-state index contributed by atoms with van der Waals surface area (Å²) in [6.07, 6.45) is 2.41. The van der Waals surface area contributed by atoms with Crippen LogP contribution >= 0.6 is 23.2 Å². The minimum Gasteiger partial charge on any atom is -0.324 e. The molecule has 5 heteroatoms. The lowest BCUT2D eigenvalue weighted by atomic mass is 10.1. The van der Waals surface area contributed by atoms with Crippen LogP contribution in [0.4, 0.5) is 0 Å². The molecule has 0 amide bonds. The van der Waals surface area contributed by atoms with E-state index in [0.717, 1.165) is 22.6 Å². The number of nitrogens with two attached hydrogens (primary N) is 1. The van der Waals surface area contributed by atoms with Gasteiger partial charge in [0.25, 0.3) is 0 Å². The van der Waals surface area contributed by atoms with Crippen molar-refractivity contribution in [3.8, 4) is 0 Å². The maximum absolute atomic E-state index is 5.99. The van der Waals surface area contributed by atoms with E-state index in [-0.39, 0.29) is 6.04 Å². The van der Waals surface area contributed by atoms with Crippen LogP contribution in [0.2, 0.25) is 10.0 Å². The fourth-order valence-corrected chi connectivity index (χ4v) is 2.21. The second-order valence-electron chi connectivity index (χ2n) is 4.54. The second-order valence-corrected chi connectivity index (χ2v) is 5.36. The summed E-state index contributed by atoms with van der Waals surface area (Å²) >= 11 is 11.9. The van der Waals surface area contributed by atoms with Crippen molar-refractivity contribution in [2.75, 3.05) is 0 Å². The van der Waals surface area contributed by atoms with Gasteiger partial charge in [0.2, 0.25) is 0 Å². The molecular weight excluding hydrogens is 281 g/mol. The first kappa shape index (κ1) is 14.3. The predicted molar refractivity (Wildman–Crippen MR) is 78.6 cm³/mol. The molecule has 1 aromatic heterocycles. The van der Waals surface area contributed by atoms with Crippen LogP contribution in [-0.4, -0.2) is 9.97 Å². The van der Waals surface area contributed by atoms with Crippen LogP contribution in [0.1, 0.15) is 35.6 Å². The highest BCUT2D eigenvalue weighted by molar-refractivity contribution is 6.42. The first-order valence-electron chi connectivity index (χ1n) is 5.99. The quantitative estimate of drug-likeness (QED) is 0.939. The lowest BCUT2D eigenvalue weighted by Crippen LogP contribution is -2.10. The lowest BCUT2D eigenvalue weighted by Gasteiger charge is -2.10. The summed E-state index contributed by atoms with van der Waals surface area (Å²) in [4.78, 5) is 8.82. The van der Waals surface area contributed by atoms with Crippen molar-refractivity contribution < 1.29 is 0 Å². The molecule has 0 spiro atoms. The summed E-state index contributed by atoms with van der Waals surface area (Å²) in [5, 5.41) is 1.10. The summed E-state index contributed by atoms with van der Waals surface area (Å²) in [5.74, 6) is 0.750. The summed E-state index contributed by atoms with van der Waals surface area (Å²) in [7, 11) is 0. The molecule has 2 rings (SSSR count). The van der Waals surface area contributed by atoms with Crippen LogP contribution in [0.15, 0.2) is 24.4 Å². The van der Waals surface area contributed by atoms with Crippen molar-refractivity contribution in [2.45, 2.75) is 26.3 Å². The number of aryl methyl sites for hydroxylation is 1. The average Bonchev–Trinajstić information content (AvgIpc) is 2.33. The number of nitrogens with zero attached hydrogens (tertiary/aromatic N) is 2. The molecule has 0 aliphatic carbocycles. The smallest absolute Gasteiger partial charge is 0.132 e. The zero-order valence-electron chi connectivity index (χ0n) is 10.8. The van der Waals surface area contributed by atoms with E-state index in [9.17, 15) is 0 Å². The Balaban J connectivity index is 2.24. The summed E-state index contributed by atoms with van der Waals surface area (Å²) in [5.41, 5.74) is 8.76. The fraction of sp³-hybridized carbons (Fsp3) is 0.286. The zero-order chi connectivity index (χ0) is 14.0. The highest BCUT2D eigenvalue weighted by Crippen LogP contribution is 2.23. The number of rotatable bonds is 3. The van der Waals surface area contributed by atoms with Gasteiger partial charge < -0.3 is 5.73 Å². The van der Waals surface area contributed by atoms with E-state index < -0.39 is 0 Å². The first-order valence-corrected chi connectivity index (χ1v) is 6.75. The SMILES string of the molecule is Cc1nc(Cc2ccc(Cl)c(Cl)c2)ncc1[C@@H](C)N. The monoisotopic (exact) mass is 295 g/mol. The molecule has 2 aromatic rings. The summed E-state index contributed by atoms with van der Waals surface area (Å²) in [6, 6.07) is 5.48. The highest BCUT2D eigenvalue weighted by atomic mass is 35.5.